The lowest BCUT2D eigenvalue weighted by molar-refractivity contribution is 0.921. The Kier molecular flexibility index (Phi) is 1.09. The number of aromatic nitrogens is 2. The summed E-state index contributed by atoms with van der Waals surface area (Å²) in [7, 11) is 0. The lowest BCUT2D eigenvalue weighted by atomic mass is 10.4. The van der Waals surface area contributed by atoms with Gasteiger partial charge in [0.2, 0.25) is 0 Å². The van der Waals surface area contributed by atoms with Gasteiger partial charge in [-0.1, -0.05) is 6.07 Å². The molecule has 0 atom stereocenters. The second-order valence-corrected chi connectivity index (χ2v) is 3.39. The molecule has 0 spiro atoms. The summed E-state index contributed by atoms with van der Waals surface area (Å²) in [6.07, 6.45) is 6.67. The number of rotatable bonds is 1. The predicted molar refractivity (Wildman–Crippen MR) is 47.2 cm³/mol. The van der Waals surface area contributed by atoms with E-state index in [1.165, 1.54) is 24.2 Å². The Labute approximate surface area is 70.9 Å². The van der Waals surface area contributed by atoms with Crippen molar-refractivity contribution in [2.45, 2.75) is 18.8 Å². The molecule has 1 aliphatic rings. The predicted octanol–water partition coefficient (Wildman–Crippen LogP) is 2.21. The monoisotopic (exact) mass is 158 g/mol. The fourth-order valence-corrected chi connectivity index (χ4v) is 1.61. The number of imidazole rings is 1. The molecule has 2 aromatic heterocycles. The summed E-state index contributed by atoms with van der Waals surface area (Å²) in [4.78, 5) is 4.42. The van der Waals surface area contributed by atoms with E-state index in [0.717, 1.165) is 5.92 Å². The van der Waals surface area contributed by atoms with E-state index in [1.807, 2.05) is 12.3 Å². The van der Waals surface area contributed by atoms with Crippen LogP contribution in [0.4, 0.5) is 0 Å². The molecule has 0 N–H and O–H groups in total. The largest absolute Gasteiger partial charge is 0.304 e. The van der Waals surface area contributed by atoms with Crippen LogP contribution >= 0.6 is 0 Å². The van der Waals surface area contributed by atoms with Crippen LogP contribution in [0.2, 0.25) is 0 Å². The molecule has 2 heteroatoms. The summed E-state index contributed by atoms with van der Waals surface area (Å²) < 4.78 is 2.19. The first-order chi connectivity index (χ1) is 5.95. The lowest BCUT2D eigenvalue weighted by Gasteiger charge is -1.96. The zero-order chi connectivity index (χ0) is 7.97. The molecule has 2 aromatic rings. The molecule has 0 bridgehead atoms. The number of nitrogens with zero attached hydrogens (tertiary/aromatic N) is 2. The van der Waals surface area contributed by atoms with Gasteiger partial charge < -0.3 is 4.40 Å². The Balaban J connectivity index is 2.30. The molecule has 1 aliphatic carbocycles. The maximum absolute atomic E-state index is 4.42. The molecule has 0 radical (unpaired) electrons. The Morgan fingerprint density at radius 3 is 3.08 bits per heavy atom. The number of hydrogen-bond donors (Lipinski definition) is 0. The van der Waals surface area contributed by atoms with Crippen LogP contribution in [0.5, 0.6) is 0 Å². The van der Waals surface area contributed by atoms with E-state index in [9.17, 15) is 0 Å². The maximum Gasteiger partial charge on any atom is 0.116 e. The van der Waals surface area contributed by atoms with Crippen LogP contribution in [-0.4, -0.2) is 9.38 Å². The summed E-state index contributed by atoms with van der Waals surface area (Å²) >= 11 is 0. The molecule has 1 saturated carbocycles. The van der Waals surface area contributed by atoms with Gasteiger partial charge in [0, 0.05) is 12.1 Å². The van der Waals surface area contributed by atoms with E-state index in [4.69, 9.17) is 0 Å². The van der Waals surface area contributed by atoms with Crippen molar-refractivity contribution >= 4 is 5.52 Å². The molecular formula is C10H10N2. The summed E-state index contributed by atoms with van der Waals surface area (Å²) in [6.45, 7) is 0. The third kappa shape index (κ3) is 0.779. The average molecular weight is 158 g/mol. The summed E-state index contributed by atoms with van der Waals surface area (Å²) in [5.41, 5.74) is 1.21. The number of hydrogen-bond acceptors (Lipinski definition) is 1. The minimum atomic E-state index is 0.731. The van der Waals surface area contributed by atoms with Crippen molar-refractivity contribution in [3.05, 3.63) is 36.4 Å². The fourth-order valence-electron chi connectivity index (χ4n) is 1.61. The van der Waals surface area contributed by atoms with Crippen LogP contribution in [0, 0.1) is 0 Å². The van der Waals surface area contributed by atoms with Gasteiger partial charge >= 0.3 is 0 Å². The first-order valence-electron chi connectivity index (χ1n) is 4.37. The number of fused-ring (bicyclic) bond motifs is 1. The quantitative estimate of drug-likeness (QED) is 0.622. The normalized spacial score (nSPS) is 17.0. The highest BCUT2D eigenvalue weighted by Crippen LogP contribution is 2.39. The molecule has 2 nitrogen and oxygen atoms in total. The highest BCUT2D eigenvalue weighted by atomic mass is 15.0. The van der Waals surface area contributed by atoms with Crippen LogP contribution in [0.25, 0.3) is 5.52 Å². The van der Waals surface area contributed by atoms with Gasteiger partial charge in [-0.2, -0.15) is 0 Å². The average Bonchev–Trinajstić information content (AvgIpc) is 2.86. The molecule has 0 unspecified atom stereocenters. The van der Waals surface area contributed by atoms with Crippen molar-refractivity contribution in [2.75, 3.05) is 0 Å². The first-order valence-corrected chi connectivity index (χ1v) is 4.37. The molecule has 60 valence electrons. The molecule has 0 amide bonds. The van der Waals surface area contributed by atoms with Crippen LogP contribution in [0.15, 0.2) is 30.6 Å². The molecular weight excluding hydrogens is 148 g/mol. The zero-order valence-electron chi connectivity index (χ0n) is 6.77. The Morgan fingerprint density at radius 1 is 1.33 bits per heavy atom. The highest BCUT2D eigenvalue weighted by molar-refractivity contribution is 5.46. The third-order valence-corrected chi connectivity index (χ3v) is 2.41. The zero-order valence-corrected chi connectivity index (χ0v) is 6.77. The molecule has 2 heterocycles. The van der Waals surface area contributed by atoms with Crippen LogP contribution in [0.3, 0.4) is 0 Å². The van der Waals surface area contributed by atoms with Gasteiger partial charge in [-0.05, 0) is 25.0 Å². The minimum Gasteiger partial charge on any atom is -0.304 e. The minimum absolute atomic E-state index is 0.731. The van der Waals surface area contributed by atoms with Gasteiger partial charge in [-0.15, -0.1) is 0 Å². The molecule has 0 aromatic carbocycles. The van der Waals surface area contributed by atoms with Crippen molar-refractivity contribution < 1.29 is 0 Å². The highest BCUT2D eigenvalue weighted by Gasteiger charge is 2.27. The second-order valence-electron chi connectivity index (χ2n) is 3.39. The van der Waals surface area contributed by atoms with Crippen LogP contribution < -0.4 is 0 Å². The van der Waals surface area contributed by atoms with Crippen LogP contribution in [-0.2, 0) is 0 Å². The SMILES string of the molecule is c1ccn2c(C3CC3)ncc2c1. The van der Waals surface area contributed by atoms with E-state index >= 15 is 0 Å². The third-order valence-electron chi connectivity index (χ3n) is 2.41. The van der Waals surface area contributed by atoms with Crippen LogP contribution in [0.1, 0.15) is 24.6 Å². The Hall–Kier alpha value is -1.31. The van der Waals surface area contributed by atoms with Crippen molar-refractivity contribution in [3.63, 3.8) is 0 Å². The van der Waals surface area contributed by atoms with Gasteiger partial charge in [0.05, 0.1) is 11.7 Å². The second kappa shape index (κ2) is 2.09. The molecule has 12 heavy (non-hydrogen) atoms. The van der Waals surface area contributed by atoms with E-state index in [1.54, 1.807) is 0 Å². The summed E-state index contributed by atoms with van der Waals surface area (Å²) in [5, 5.41) is 0. The van der Waals surface area contributed by atoms with Crippen molar-refractivity contribution in [3.8, 4) is 0 Å². The van der Waals surface area contributed by atoms with E-state index < -0.39 is 0 Å². The van der Waals surface area contributed by atoms with Crippen molar-refractivity contribution in [1.29, 1.82) is 0 Å². The van der Waals surface area contributed by atoms with Gasteiger partial charge in [-0.25, -0.2) is 4.98 Å². The van der Waals surface area contributed by atoms with E-state index in [-0.39, 0.29) is 0 Å². The number of pyridine rings is 1. The standard InChI is InChI=1S/C10H10N2/c1-2-6-12-9(3-1)7-11-10(12)8-4-5-8/h1-3,6-8H,4-5H2. The molecule has 0 saturated heterocycles. The Morgan fingerprint density at radius 2 is 2.25 bits per heavy atom. The van der Waals surface area contributed by atoms with Crippen molar-refractivity contribution in [1.82, 2.24) is 9.38 Å². The fraction of sp³-hybridized carbons (Fsp3) is 0.300. The van der Waals surface area contributed by atoms with Gasteiger partial charge in [0.15, 0.2) is 0 Å². The van der Waals surface area contributed by atoms with Crippen molar-refractivity contribution in [2.24, 2.45) is 0 Å². The first kappa shape index (κ1) is 6.23. The Bertz CT molecular complexity index is 412. The maximum atomic E-state index is 4.42. The van der Waals surface area contributed by atoms with Gasteiger partial charge in [-0.3, -0.25) is 0 Å². The molecule has 0 aliphatic heterocycles. The van der Waals surface area contributed by atoms with E-state index in [0.29, 0.717) is 0 Å². The van der Waals surface area contributed by atoms with E-state index in [2.05, 4.69) is 27.7 Å². The summed E-state index contributed by atoms with van der Waals surface area (Å²) in [5.74, 6) is 1.97. The molecule has 3 rings (SSSR count). The smallest absolute Gasteiger partial charge is 0.116 e. The molecule has 1 fully saturated rings. The van der Waals surface area contributed by atoms with Gasteiger partial charge in [0.25, 0.3) is 0 Å². The lowest BCUT2D eigenvalue weighted by Crippen LogP contribution is -1.90. The van der Waals surface area contributed by atoms with Gasteiger partial charge in [0.1, 0.15) is 5.82 Å². The topological polar surface area (TPSA) is 17.3 Å². The summed E-state index contributed by atoms with van der Waals surface area (Å²) in [6, 6.07) is 6.20.